The van der Waals surface area contributed by atoms with Gasteiger partial charge in [0.1, 0.15) is 11.8 Å². The Hall–Kier alpha value is -2.58. The fraction of sp³-hybridized carbons (Fsp3) is 0. The topological polar surface area (TPSA) is 71.9 Å². The molecule has 2 aromatic carbocycles. The summed E-state index contributed by atoms with van der Waals surface area (Å²) in [4.78, 5) is 4.07. The van der Waals surface area contributed by atoms with Gasteiger partial charge in [0, 0.05) is 6.20 Å². The van der Waals surface area contributed by atoms with Crippen molar-refractivity contribution in [2.75, 3.05) is 5.73 Å². The molecule has 0 unspecified atom stereocenters. The van der Waals surface area contributed by atoms with E-state index in [1.165, 1.54) is 12.3 Å². The van der Waals surface area contributed by atoms with E-state index in [1.807, 2.05) is 42.5 Å². The monoisotopic (exact) mass is 339 g/mol. The molecule has 0 bridgehead atoms. The summed E-state index contributed by atoms with van der Waals surface area (Å²) in [5.74, 6) is 0.905. The van der Waals surface area contributed by atoms with Crippen molar-refractivity contribution < 1.29 is 4.74 Å². The standard InChI is InChI=1S/C16H10BrN3O/c17-15-12-4-2-1-3-11(12)5-6-14(15)21-16-13(19)7-10(8-18)9-20-16/h1-7,9H,19H2. The predicted octanol–water partition coefficient (Wildman–Crippen LogP) is 4.24. The molecule has 0 saturated carbocycles. The van der Waals surface area contributed by atoms with E-state index in [0.717, 1.165) is 15.2 Å². The molecule has 5 heteroatoms. The first-order chi connectivity index (χ1) is 10.2. The highest BCUT2D eigenvalue weighted by Crippen LogP contribution is 2.36. The van der Waals surface area contributed by atoms with Crippen LogP contribution in [-0.2, 0) is 0 Å². The molecule has 0 atom stereocenters. The molecule has 0 amide bonds. The van der Waals surface area contributed by atoms with Crippen LogP contribution in [-0.4, -0.2) is 4.98 Å². The summed E-state index contributed by atoms with van der Waals surface area (Å²) in [6.07, 6.45) is 1.43. The fourth-order valence-corrected chi connectivity index (χ4v) is 2.59. The summed E-state index contributed by atoms with van der Waals surface area (Å²) in [6.45, 7) is 0. The van der Waals surface area contributed by atoms with Crippen molar-refractivity contribution in [3.63, 3.8) is 0 Å². The molecule has 0 radical (unpaired) electrons. The first kappa shape index (κ1) is 13.4. The van der Waals surface area contributed by atoms with Crippen LogP contribution < -0.4 is 10.5 Å². The lowest BCUT2D eigenvalue weighted by Crippen LogP contribution is -1.96. The molecule has 3 rings (SSSR count). The van der Waals surface area contributed by atoms with Gasteiger partial charge in [-0.3, -0.25) is 0 Å². The van der Waals surface area contributed by atoms with Crippen molar-refractivity contribution in [2.45, 2.75) is 0 Å². The number of halogens is 1. The summed E-state index contributed by atoms with van der Waals surface area (Å²) >= 11 is 3.55. The Labute approximate surface area is 129 Å². The Morgan fingerprint density at radius 3 is 2.76 bits per heavy atom. The van der Waals surface area contributed by atoms with Gasteiger partial charge in [-0.05, 0) is 38.8 Å². The molecule has 0 aliphatic rings. The van der Waals surface area contributed by atoms with Crippen LogP contribution >= 0.6 is 15.9 Å². The Bertz CT molecular complexity index is 871. The number of benzene rings is 2. The van der Waals surface area contributed by atoms with E-state index in [0.29, 0.717) is 17.0 Å². The molecule has 0 fully saturated rings. The third kappa shape index (κ3) is 2.54. The SMILES string of the molecule is N#Cc1cnc(Oc2ccc3ccccc3c2Br)c(N)c1. The van der Waals surface area contributed by atoms with Gasteiger partial charge in [-0.1, -0.05) is 30.3 Å². The smallest absolute Gasteiger partial charge is 0.242 e. The van der Waals surface area contributed by atoms with E-state index in [-0.39, 0.29) is 5.88 Å². The number of hydrogen-bond donors (Lipinski definition) is 1. The second kappa shape index (κ2) is 5.43. The number of nitrogens with two attached hydrogens (primary N) is 1. The summed E-state index contributed by atoms with van der Waals surface area (Å²) in [5, 5.41) is 11.0. The maximum atomic E-state index is 8.81. The molecular formula is C16H10BrN3O. The Kier molecular flexibility index (Phi) is 3.46. The van der Waals surface area contributed by atoms with Gasteiger partial charge in [-0.15, -0.1) is 0 Å². The largest absolute Gasteiger partial charge is 0.436 e. The highest BCUT2D eigenvalue weighted by Gasteiger charge is 2.10. The maximum Gasteiger partial charge on any atom is 0.242 e. The number of rotatable bonds is 2. The number of nitrogens with zero attached hydrogens (tertiary/aromatic N) is 2. The molecule has 102 valence electrons. The summed E-state index contributed by atoms with van der Waals surface area (Å²) in [7, 11) is 0. The van der Waals surface area contributed by atoms with Crippen molar-refractivity contribution in [3.05, 3.63) is 58.7 Å². The highest BCUT2D eigenvalue weighted by molar-refractivity contribution is 9.10. The number of hydrogen-bond acceptors (Lipinski definition) is 4. The zero-order valence-corrected chi connectivity index (χ0v) is 12.5. The molecule has 0 aliphatic carbocycles. The van der Waals surface area contributed by atoms with E-state index >= 15 is 0 Å². The lowest BCUT2D eigenvalue weighted by atomic mass is 10.1. The van der Waals surface area contributed by atoms with Crippen molar-refractivity contribution in [3.8, 4) is 17.7 Å². The summed E-state index contributed by atoms with van der Waals surface area (Å²) < 4.78 is 6.59. The number of anilines is 1. The quantitative estimate of drug-likeness (QED) is 0.757. The third-order valence-electron chi connectivity index (χ3n) is 3.04. The number of nitriles is 1. The minimum Gasteiger partial charge on any atom is -0.436 e. The third-order valence-corrected chi connectivity index (χ3v) is 3.86. The number of pyridine rings is 1. The van der Waals surface area contributed by atoms with Gasteiger partial charge in [0.15, 0.2) is 0 Å². The van der Waals surface area contributed by atoms with Gasteiger partial charge < -0.3 is 10.5 Å². The average Bonchev–Trinajstić information content (AvgIpc) is 2.52. The van der Waals surface area contributed by atoms with Crippen LogP contribution in [0.25, 0.3) is 10.8 Å². The van der Waals surface area contributed by atoms with Crippen LogP contribution in [0.4, 0.5) is 5.69 Å². The van der Waals surface area contributed by atoms with Crippen LogP contribution in [0.1, 0.15) is 5.56 Å². The van der Waals surface area contributed by atoms with Crippen LogP contribution in [0.15, 0.2) is 53.1 Å². The van der Waals surface area contributed by atoms with E-state index < -0.39 is 0 Å². The van der Waals surface area contributed by atoms with Crippen LogP contribution in [0.5, 0.6) is 11.6 Å². The molecule has 1 heterocycles. The lowest BCUT2D eigenvalue weighted by Gasteiger charge is -2.10. The lowest BCUT2D eigenvalue weighted by molar-refractivity contribution is 0.463. The Morgan fingerprint density at radius 1 is 1.19 bits per heavy atom. The van der Waals surface area contributed by atoms with Crippen molar-refractivity contribution in [1.29, 1.82) is 5.26 Å². The minimum atomic E-state index is 0.282. The number of ether oxygens (including phenoxy) is 1. The predicted molar refractivity (Wildman–Crippen MR) is 85.1 cm³/mol. The number of fused-ring (bicyclic) bond motifs is 1. The van der Waals surface area contributed by atoms with E-state index in [1.54, 1.807) is 0 Å². The van der Waals surface area contributed by atoms with Crippen LogP contribution in [0.2, 0.25) is 0 Å². The molecule has 2 N–H and O–H groups in total. The first-order valence-corrected chi connectivity index (χ1v) is 6.99. The van der Waals surface area contributed by atoms with Gasteiger partial charge >= 0.3 is 0 Å². The highest BCUT2D eigenvalue weighted by atomic mass is 79.9. The summed E-state index contributed by atoms with van der Waals surface area (Å²) in [6, 6.07) is 15.3. The van der Waals surface area contributed by atoms with Crippen LogP contribution in [0.3, 0.4) is 0 Å². The molecule has 21 heavy (non-hydrogen) atoms. The number of nitrogen functional groups attached to an aromatic ring is 1. The molecule has 3 aromatic rings. The average molecular weight is 340 g/mol. The zero-order valence-electron chi connectivity index (χ0n) is 10.9. The molecular weight excluding hydrogens is 330 g/mol. The van der Waals surface area contributed by atoms with Crippen molar-refractivity contribution in [2.24, 2.45) is 0 Å². The molecule has 0 aliphatic heterocycles. The Balaban J connectivity index is 2.02. The van der Waals surface area contributed by atoms with Gasteiger partial charge in [-0.25, -0.2) is 4.98 Å². The Morgan fingerprint density at radius 2 is 2.00 bits per heavy atom. The summed E-state index contributed by atoms with van der Waals surface area (Å²) in [5.41, 5.74) is 6.58. The molecule has 4 nitrogen and oxygen atoms in total. The van der Waals surface area contributed by atoms with E-state index in [4.69, 9.17) is 15.7 Å². The molecule has 0 saturated heterocycles. The second-order valence-electron chi connectivity index (χ2n) is 4.43. The minimum absolute atomic E-state index is 0.282. The van der Waals surface area contributed by atoms with Crippen molar-refractivity contribution in [1.82, 2.24) is 4.98 Å². The fourth-order valence-electron chi connectivity index (χ4n) is 2.01. The van der Waals surface area contributed by atoms with Gasteiger partial charge in [-0.2, -0.15) is 5.26 Å². The normalized spacial score (nSPS) is 10.3. The number of aromatic nitrogens is 1. The van der Waals surface area contributed by atoms with Crippen LogP contribution in [0, 0.1) is 11.3 Å². The van der Waals surface area contributed by atoms with Gasteiger partial charge in [0.05, 0.1) is 15.7 Å². The second-order valence-corrected chi connectivity index (χ2v) is 5.22. The van der Waals surface area contributed by atoms with Gasteiger partial charge in [0.2, 0.25) is 5.88 Å². The molecule has 0 spiro atoms. The maximum absolute atomic E-state index is 8.81. The van der Waals surface area contributed by atoms with E-state index in [2.05, 4.69) is 20.9 Å². The first-order valence-electron chi connectivity index (χ1n) is 6.20. The zero-order chi connectivity index (χ0) is 14.8. The van der Waals surface area contributed by atoms with Crippen molar-refractivity contribution >= 4 is 32.4 Å². The van der Waals surface area contributed by atoms with Gasteiger partial charge in [0.25, 0.3) is 0 Å². The van der Waals surface area contributed by atoms with E-state index in [9.17, 15) is 0 Å². The molecule has 1 aromatic heterocycles.